The maximum atomic E-state index is 14.0. The molecule has 5 nitrogen and oxygen atoms in total. The van der Waals surface area contributed by atoms with Crippen molar-refractivity contribution in [3.8, 4) is 0 Å². The van der Waals surface area contributed by atoms with Crippen molar-refractivity contribution in [2.24, 2.45) is 0 Å². The van der Waals surface area contributed by atoms with Crippen molar-refractivity contribution in [2.75, 3.05) is 0 Å². The third-order valence-electron chi connectivity index (χ3n) is 2.89. The average Bonchev–Trinajstić information content (AvgIpc) is 3.02. The van der Waals surface area contributed by atoms with Crippen molar-refractivity contribution in [2.45, 2.75) is 18.8 Å². The lowest BCUT2D eigenvalue weighted by atomic mass is 10.3. The molecular formula is C12H9ClF2N4O. The van der Waals surface area contributed by atoms with Crippen LogP contribution in [0.5, 0.6) is 0 Å². The molecule has 0 spiro atoms. The summed E-state index contributed by atoms with van der Waals surface area (Å²) in [6.45, 7) is 1.80. The van der Waals surface area contributed by atoms with Gasteiger partial charge in [-0.15, -0.1) is 11.6 Å². The number of hydrogen-bond acceptors (Lipinski definition) is 4. The first-order valence-corrected chi connectivity index (χ1v) is 6.25. The first-order chi connectivity index (χ1) is 9.58. The molecule has 0 bridgehead atoms. The van der Waals surface area contributed by atoms with Crippen LogP contribution in [-0.4, -0.2) is 19.7 Å². The van der Waals surface area contributed by atoms with Gasteiger partial charge in [-0.3, -0.25) is 0 Å². The Morgan fingerprint density at radius 1 is 1.40 bits per heavy atom. The van der Waals surface area contributed by atoms with E-state index in [2.05, 4.69) is 19.6 Å². The fourth-order valence-corrected chi connectivity index (χ4v) is 2.21. The number of aromatic nitrogens is 4. The number of nitrogens with zero attached hydrogens (tertiary/aromatic N) is 4. The van der Waals surface area contributed by atoms with E-state index in [0.29, 0.717) is 17.2 Å². The van der Waals surface area contributed by atoms with Crippen LogP contribution in [0.25, 0.3) is 11.0 Å². The molecule has 1 unspecified atom stereocenters. The minimum atomic E-state index is -0.970. The largest absolute Gasteiger partial charge is 0.343 e. The van der Waals surface area contributed by atoms with E-state index >= 15 is 0 Å². The van der Waals surface area contributed by atoms with Gasteiger partial charge >= 0.3 is 0 Å². The van der Waals surface area contributed by atoms with Gasteiger partial charge in [-0.2, -0.15) is 4.98 Å². The molecule has 20 heavy (non-hydrogen) atoms. The number of hydrogen-bond donors (Lipinski definition) is 0. The van der Waals surface area contributed by atoms with E-state index in [1.54, 1.807) is 6.92 Å². The van der Waals surface area contributed by atoms with Crippen molar-refractivity contribution < 1.29 is 13.3 Å². The third kappa shape index (κ3) is 2.03. The minimum Gasteiger partial charge on any atom is -0.343 e. The topological polar surface area (TPSA) is 56.7 Å². The van der Waals surface area contributed by atoms with Crippen LogP contribution in [0.1, 0.15) is 23.9 Å². The molecule has 2 aromatic heterocycles. The molecule has 0 aliphatic carbocycles. The predicted molar refractivity (Wildman–Crippen MR) is 67.3 cm³/mol. The van der Waals surface area contributed by atoms with Gasteiger partial charge in [-0.05, 0) is 19.1 Å². The summed E-state index contributed by atoms with van der Waals surface area (Å²) < 4.78 is 33.5. The monoisotopic (exact) mass is 298 g/mol. The fraction of sp³-hybridized carbons (Fsp3) is 0.250. The van der Waals surface area contributed by atoms with E-state index in [9.17, 15) is 8.78 Å². The molecule has 8 heteroatoms. The van der Waals surface area contributed by atoms with E-state index in [4.69, 9.17) is 11.6 Å². The quantitative estimate of drug-likeness (QED) is 0.697. The zero-order valence-corrected chi connectivity index (χ0v) is 11.1. The Balaban J connectivity index is 2.25. The molecule has 3 aromatic rings. The number of fused-ring (bicyclic) bond motifs is 1. The van der Waals surface area contributed by atoms with Crippen LogP contribution in [0.4, 0.5) is 8.78 Å². The Labute approximate surface area is 117 Å². The van der Waals surface area contributed by atoms with Gasteiger partial charge in [0.15, 0.2) is 17.5 Å². The molecule has 0 amide bonds. The number of imidazole rings is 1. The molecule has 0 aliphatic rings. The van der Waals surface area contributed by atoms with E-state index in [1.807, 2.05) is 0 Å². The van der Waals surface area contributed by atoms with Gasteiger partial charge in [0.25, 0.3) is 0 Å². The average molecular weight is 299 g/mol. The van der Waals surface area contributed by atoms with Crippen LogP contribution < -0.4 is 0 Å². The maximum Gasteiger partial charge on any atom is 0.213 e. The summed E-state index contributed by atoms with van der Waals surface area (Å²) in [6, 6.07) is 2.44. The summed E-state index contributed by atoms with van der Waals surface area (Å²) in [4.78, 5) is 8.10. The van der Waals surface area contributed by atoms with Crippen LogP contribution in [0.15, 0.2) is 23.0 Å². The highest BCUT2D eigenvalue weighted by atomic mass is 35.5. The van der Waals surface area contributed by atoms with Crippen molar-refractivity contribution in [1.82, 2.24) is 19.7 Å². The third-order valence-corrected chi connectivity index (χ3v) is 3.09. The number of alkyl halides is 1. The molecule has 0 saturated heterocycles. The zero-order valence-electron chi connectivity index (χ0n) is 10.3. The Hall–Kier alpha value is -2.02. The van der Waals surface area contributed by atoms with Crippen molar-refractivity contribution in [3.05, 3.63) is 41.8 Å². The first-order valence-electron chi connectivity index (χ1n) is 5.81. The standard InChI is InChI=1S/C12H9ClF2N4O/c1-6(13)12-17-8-3-2-7(14)10(15)11(8)19(12)4-9-16-5-20-18-9/h2-3,5-6H,4H2,1H3. The first kappa shape index (κ1) is 13.0. The summed E-state index contributed by atoms with van der Waals surface area (Å²) in [5.41, 5.74) is 0.368. The number of halogens is 3. The molecule has 0 radical (unpaired) electrons. The maximum absolute atomic E-state index is 14.0. The van der Waals surface area contributed by atoms with Crippen molar-refractivity contribution in [3.63, 3.8) is 0 Å². The van der Waals surface area contributed by atoms with Crippen LogP contribution in [-0.2, 0) is 6.54 Å². The lowest BCUT2D eigenvalue weighted by molar-refractivity contribution is 0.408. The summed E-state index contributed by atoms with van der Waals surface area (Å²) in [5.74, 6) is -1.18. The highest BCUT2D eigenvalue weighted by Gasteiger charge is 2.21. The number of rotatable bonds is 3. The van der Waals surface area contributed by atoms with Crippen molar-refractivity contribution >= 4 is 22.6 Å². The predicted octanol–water partition coefficient (Wildman–Crippen LogP) is 3.05. The van der Waals surface area contributed by atoms with Crippen molar-refractivity contribution in [1.29, 1.82) is 0 Å². The van der Waals surface area contributed by atoms with E-state index in [0.717, 1.165) is 12.5 Å². The minimum absolute atomic E-state index is 0.0392. The molecular weight excluding hydrogens is 290 g/mol. The normalized spacial score (nSPS) is 13.0. The molecule has 1 aromatic carbocycles. The second kappa shape index (κ2) is 4.82. The molecule has 2 heterocycles. The van der Waals surface area contributed by atoms with Gasteiger partial charge in [0.2, 0.25) is 6.39 Å². The second-order valence-electron chi connectivity index (χ2n) is 4.25. The van der Waals surface area contributed by atoms with Gasteiger partial charge in [-0.1, -0.05) is 5.16 Å². The lowest BCUT2D eigenvalue weighted by Crippen LogP contribution is -2.08. The Bertz CT molecular complexity index is 754. The zero-order chi connectivity index (χ0) is 14.3. The van der Waals surface area contributed by atoms with E-state index < -0.39 is 17.0 Å². The summed E-state index contributed by atoms with van der Waals surface area (Å²) in [5, 5.41) is 3.18. The lowest BCUT2D eigenvalue weighted by Gasteiger charge is -2.08. The Morgan fingerprint density at radius 3 is 2.85 bits per heavy atom. The van der Waals surface area contributed by atoms with E-state index in [-0.39, 0.29) is 12.1 Å². The SMILES string of the molecule is CC(Cl)c1nc2ccc(F)c(F)c2n1Cc1ncon1. The van der Waals surface area contributed by atoms with Crippen LogP contribution in [0.2, 0.25) is 0 Å². The van der Waals surface area contributed by atoms with Gasteiger partial charge in [-0.25, -0.2) is 13.8 Å². The van der Waals surface area contributed by atoms with Gasteiger partial charge < -0.3 is 9.09 Å². The summed E-state index contributed by atoms with van der Waals surface area (Å²) >= 11 is 6.05. The highest BCUT2D eigenvalue weighted by molar-refractivity contribution is 6.20. The molecule has 0 N–H and O–H groups in total. The van der Waals surface area contributed by atoms with Crippen LogP contribution in [0, 0.1) is 11.6 Å². The Morgan fingerprint density at radius 2 is 2.20 bits per heavy atom. The highest BCUT2D eigenvalue weighted by Crippen LogP contribution is 2.27. The summed E-state index contributed by atoms with van der Waals surface area (Å²) in [6.07, 6.45) is 1.16. The molecule has 3 rings (SSSR count). The Kier molecular flexibility index (Phi) is 3.13. The van der Waals surface area contributed by atoms with E-state index in [1.165, 1.54) is 10.6 Å². The molecule has 1 atom stereocenters. The number of benzene rings is 1. The van der Waals surface area contributed by atoms with Crippen LogP contribution in [0.3, 0.4) is 0 Å². The summed E-state index contributed by atoms with van der Waals surface area (Å²) in [7, 11) is 0. The molecule has 104 valence electrons. The molecule has 0 fully saturated rings. The smallest absolute Gasteiger partial charge is 0.213 e. The molecule has 0 aliphatic heterocycles. The fourth-order valence-electron chi connectivity index (χ4n) is 2.04. The van der Waals surface area contributed by atoms with Gasteiger partial charge in [0, 0.05) is 0 Å². The second-order valence-corrected chi connectivity index (χ2v) is 4.90. The molecule has 0 saturated carbocycles. The van der Waals surface area contributed by atoms with Gasteiger partial charge in [0.05, 0.1) is 17.4 Å². The van der Waals surface area contributed by atoms with Gasteiger partial charge in [0.1, 0.15) is 11.3 Å². The van der Waals surface area contributed by atoms with Crippen LogP contribution >= 0.6 is 11.6 Å².